The Labute approximate surface area is 95.7 Å². The molecule has 0 fully saturated rings. The molecule has 2 aromatic heterocycles. The smallest absolute Gasteiger partial charge is 0.0726 e. The molecule has 2 aromatic rings. The molecule has 0 atom stereocenters. The maximum Gasteiger partial charge on any atom is 0.0726 e. The molecule has 0 aliphatic carbocycles. The van der Waals surface area contributed by atoms with Crippen LogP contribution in [0.15, 0.2) is 18.5 Å². The van der Waals surface area contributed by atoms with Crippen molar-refractivity contribution >= 4 is 0 Å². The molecule has 4 nitrogen and oxygen atoms in total. The van der Waals surface area contributed by atoms with Crippen molar-refractivity contribution < 1.29 is 0 Å². The van der Waals surface area contributed by atoms with Crippen molar-refractivity contribution in [3.8, 4) is 11.3 Å². The Bertz CT molecular complexity index is 454. The summed E-state index contributed by atoms with van der Waals surface area (Å²) in [7, 11) is 3.96. The number of aromatic nitrogens is 3. The van der Waals surface area contributed by atoms with Crippen LogP contribution in [0.4, 0.5) is 0 Å². The van der Waals surface area contributed by atoms with E-state index in [0.717, 1.165) is 13.0 Å². The first-order chi connectivity index (χ1) is 7.74. The molecule has 0 saturated carbocycles. The van der Waals surface area contributed by atoms with E-state index >= 15 is 0 Å². The lowest BCUT2D eigenvalue weighted by Gasteiger charge is -2.00. The first-order valence-electron chi connectivity index (χ1n) is 5.54. The predicted molar refractivity (Wildman–Crippen MR) is 65.4 cm³/mol. The molecule has 0 bridgehead atoms. The maximum atomic E-state index is 4.57. The van der Waals surface area contributed by atoms with E-state index in [1.165, 1.54) is 22.5 Å². The molecule has 86 valence electrons. The zero-order valence-corrected chi connectivity index (χ0v) is 10.0. The van der Waals surface area contributed by atoms with Gasteiger partial charge in [-0.05, 0) is 25.6 Å². The molecule has 2 heterocycles. The van der Waals surface area contributed by atoms with E-state index in [1.54, 1.807) is 0 Å². The second-order valence-electron chi connectivity index (χ2n) is 4.00. The summed E-state index contributed by atoms with van der Waals surface area (Å²) in [6, 6.07) is 2.08. The molecule has 0 aliphatic rings. The lowest BCUT2D eigenvalue weighted by atomic mass is 10.1. The summed E-state index contributed by atoms with van der Waals surface area (Å²) < 4.78 is 1.96. The minimum atomic E-state index is 0.963. The van der Waals surface area contributed by atoms with Gasteiger partial charge in [0.25, 0.3) is 0 Å². The fourth-order valence-corrected chi connectivity index (χ4v) is 2.04. The third-order valence-electron chi connectivity index (χ3n) is 2.87. The summed E-state index contributed by atoms with van der Waals surface area (Å²) in [5.41, 5.74) is 4.85. The highest BCUT2D eigenvalue weighted by Crippen LogP contribution is 2.24. The number of likely N-dealkylation sites (N-methyl/N-ethyl adjacent to an activating group) is 1. The quantitative estimate of drug-likeness (QED) is 0.816. The lowest BCUT2D eigenvalue weighted by molar-refractivity contribution is 0.720. The van der Waals surface area contributed by atoms with Crippen molar-refractivity contribution in [3.05, 3.63) is 29.7 Å². The topological polar surface area (TPSA) is 45.6 Å². The molecule has 4 heteroatoms. The highest BCUT2D eigenvalue weighted by Gasteiger charge is 2.13. The van der Waals surface area contributed by atoms with Crippen LogP contribution >= 0.6 is 0 Å². The van der Waals surface area contributed by atoms with Crippen LogP contribution < -0.4 is 5.32 Å². The molecule has 16 heavy (non-hydrogen) atoms. The van der Waals surface area contributed by atoms with Crippen LogP contribution in [-0.2, 0) is 13.5 Å². The fraction of sp³-hybridized carbons (Fsp3) is 0.417. The van der Waals surface area contributed by atoms with Crippen molar-refractivity contribution in [2.45, 2.75) is 13.3 Å². The Kier molecular flexibility index (Phi) is 3.10. The van der Waals surface area contributed by atoms with E-state index in [1.807, 2.05) is 31.2 Å². The summed E-state index contributed by atoms with van der Waals surface area (Å²) in [6.07, 6.45) is 4.92. The normalized spacial score (nSPS) is 10.9. The summed E-state index contributed by atoms with van der Waals surface area (Å²) >= 11 is 0. The predicted octanol–water partition coefficient (Wildman–Crippen LogP) is 1.49. The molecular weight excluding hydrogens is 200 g/mol. The van der Waals surface area contributed by atoms with Crippen molar-refractivity contribution in [3.63, 3.8) is 0 Å². The summed E-state index contributed by atoms with van der Waals surface area (Å²) in [6.45, 7) is 3.10. The van der Waals surface area contributed by atoms with Crippen LogP contribution in [0.3, 0.4) is 0 Å². The zero-order valence-electron chi connectivity index (χ0n) is 10.0. The Morgan fingerprint density at radius 1 is 1.50 bits per heavy atom. The highest BCUT2D eigenvalue weighted by molar-refractivity contribution is 5.63. The summed E-state index contributed by atoms with van der Waals surface area (Å²) in [5.74, 6) is 0. The molecule has 0 saturated heterocycles. The standard InChI is InChI=1S/C12H18N4/c1-9-11(5-6-13-2)15-16(3)12(9)10-4-7-14-8-10/h4,7-8,13-14H,5-6H2,1-3H3. The molecule has 0 aromatic carbocycles. The van der Waals surface area contributed by atoms with Crippen molar-refractivity contribution in [2.24, 2.45) is 7.05 Å². The van der Waals surface area contributed by atoms with Gasteiger partial charge in [-0.25, -0.2) is 0 Å². The van der Waals surface area contributed by atoms with Crippen LogP contribution in [0.2, 0.25) is 0 Å². The molecule has 0 radical (unpaired) electrons. The highest BCUT2D eigenvalue weighted by atomic mass is 15.3. The van der Waals surface area contributed by atoms with E-state index in [9.17, 15) is 0 Å². The lowest BCUT2D eigenvalue weighted by Crippen LogP contribution is -2.11. The van der Waals surface area contributed by atoms with Gasteiger partial charge in [0.05, 0.1) is 11.4 Å². The number of hydrogen-bond donors (Lipinski definition) is 2. The van der Waals surface area contributed by atoms with Crippen LogP contribution in [0, 0.1) is 6.92 Å². The van der Waals surface area contributed by atoms with Gasteiger partial charge in [0.15, 0.2) is 0 Å². The largest absolute Gasteiger partial charge is 0.367 e. The average molecular weight is 218 g/mol. The Morgan fingerprint density at radius 3 is 2.94 bits per heavy atom. The molecule has 2 rings (SSSR count). The van der Waals surface area contributed by atoms with Crippen LogP contribution in [-0.4, -0.2) is 28.4 Å². The van der Waals surface area contributed by atoms with Crippen molar-refractivity contribution in [2.75, 3.05) is 13.6 Å². The van der Waals surface area contributed by atoms with Crippen LogP contribution in [0.5, 0.6) is 0 Å². The SMILES string of the molecule is CNCCc1nn(C)c(-c2cc[nH]c2)c1C. The number of aromatic amines is 1. The molecule has 0 unspecified atom stereocenters. The number of aryl methyl sites for hydroxylation is 1. The molecule has 2 N–H and O–H groups in total. The Balaban J connectivity index is 2.36. The van der Waals surface area contributed by atoms with Gasteiger partial charge in [0.2, 0.25) is 0 Å². The fourth-order valence-electron chi connectivity index (χ4n) is 2.04. The number of rotatable bonds is 4. The van der Waals surface area contributed by atoms with E-state index in [0.29, 0.717) is 0 Å². The van der Waals surface area contributed by atoms with E-state index in [4.69, 9.17) is 0 Å². The summed E-state index contributed by atoms with van der Waals surface area (Å²) in [4.78, 5) is 3.08. The van der Waals surface area contributed by atoms with Gasteiger partial charge in [-0.1, -0.05) is 0 Å². The first-order valence-corrected chi connectivity index (χ1v) is 5.54. The number of hydrogen-bond acceptors (Lipinski definition) is 2. The zero-order chi connectivity index (χ0) is 11.5. The minimum Gasteiger partial charge on any atom is -0.367 e. The van der Waals surface area contributed by atoms with Gasteiger partial charge < -0.3 is 10.3 Å². The second-order valence-corrected chi connectivity index (χ2v) is 4.00. The third-order valence-corrected chi connectivity index (χ3v) is 2.87. The van der Waals surface area contributed by atoms with Crippen LogP contribution in [0.25, 0.3) is 11.3 Å². The van der Waals surface area contributed by atoms with Crippen molar-refractivity contribution in [1.82, 2.24) is 20.1 Å². The minimum absolute atomic E-state index is 0.963. The number of nitrogens with zero attached hydrogens (tertiary/aromatic N) is 2. The monoisotopic (exact) mass is 218 g/mol. The van der Waals surface area contributed by atoms with Crippen molar-refractivity contribution in [1.29, 1.82) is 0 Å². The maximum absolute atomic E-state index is 4.57. The second kappa shape index (κ2) is 4.53. The van der Waals surface area contributed by atoms with Gasteiger partial charge in [-0.2, -0.15) is 5.10 Å². The van der Waals surface area contributed by atoms with Gasteiger partial charge in [0.1, 0.15) is 0 Å². The third kappa shape index (κ3) is 1.88. The van der Waals surface area contributed by atoms with Crippen LogP contribution in [0.1, 0.15) is 11.3 Å². The van der Waals surface area contributed by atoms with E-state index < -0.39 is 0 Å². The van der Waals surface area contributed by atoms with E-state index in [-0.39, 0.29) is 0 Å². The number of nitrogens with one attached hydrogen (secondary N) is 2. The van der Waals surface area contributed by atoms with E-state index in [2.05, 4.69) is 28.4 Å². The summed E-state index contributed by atoms with van der Waals surface area (Å²) in [5, 5.41) is 7.72. The Hall–Kier alpha value is -1.55. The Morgan fingerprint density at radius 2 is 2.31 bits per heavy atom. The molecule has 0 amide bonds. The molecular formula is C12H18N4. The number of H-pyrrole nitrogens is 1. The van der Waals surface area contributed by atoms with Gasteiger partial charge >= 0.3 is 0 Å². The molecule has 0 aliphatic heterocycles. The molecule has 0 spiro atoms. The van der Waals surface area contributed by atoms with Gasteiger partial charge in [0, 0.05) is 38.0 Å². The van der Waals surface area contributed by atoms with Gasteiger partial charge in [-0.3, -0.25) is 4.68 Å². The average Bonchev–Trinajstić information content (AvgIpc) is 2.85. The first kappa shape index (κ1) is 11.0. The van der Waals surface area contributed by atoms with Gasteiger partial charge in [-0.15, -0.1) is 0 Å².